The number of carbonyl (C=O) groups is 1. The van der Waals surface area contributed by atoms with Gasteiger partial charge in [-0.3, -0.25) is 14.9 Å². The quantitative estimate of drug-likeness (QED) is 0.521. The molecule has 0 aliphatic carbocycles. The van der Waals surface area contributed by atoms with Crippen LogP contribution in [-0.2, 0) is 4.79 Å². The number of rotatable bonds is 4. The molecule has 4 rings (SSSR count). The smallest absolute Gasteiger partial charge is 0.270 e. The summed E-state index contributed by atoms with van der Waals surface area (Å²) in [6.45, 7) is 3.95. The molecule has 1 amide bonds. The minimum atomic E-state index is -0.519. The van der Waals surface area contributed by atoms with Crippen molar-refractivity contribution in [2.45, 2.75) is 13.0 Å². The highest BCUT2D eigenvalue weighted by molar-refractivity contribution is 5.94. The number of hydrogen-bond acceptors (Lipinski definition) is 7. The summed E-state index contributed by atoms with van der Waals surface area (Å²) >= 11 is 0. The van der Waals surface area contributed by atoms with E-state index in [2.05, 4.69) is 4.98 Å². The van der Waals surface area contributed by atoms with E-state index in [4.69, 9.17) is 10.7 Å². The first-order valence-electron chi connectivity index (χ1n) is 9.75. The van der Waals surface area contributed by atoms with Crippen molar-refractivity contribution < 1.29 is 9.72 Å². The van der Waals surface area contributed by atoms with E-state index in [9.17, 15) is 14.9 Å². The highest BCUT2D eigenvalue weighted by Gasteiger charge is 2.25. The van der Waals surface area contributed by atoms with Gasteiger partial charge >= 0.3 is 0 Å². The number of nitrogens with zero attached hydrogens (tertiary/aromatic N) is 5. The third-order valence-electron chi connectivity index (χ3n) is 5.19. The lowest BCUT2D eigenvalue weighted by atomic mass is 10.1. The largest absolute Gasteiger partial charge is 0.338 e. The molecule has 1 aliphatic rings. The molecular formula is C21H22N6O3. The number of nitro groups is 1. The van der Waals surface area contributed by atoms with Crippen LogP contribution in [0.5, 0.6) is 0 Å². The van der Waals surface area contributed by atoms with Crippen molar-refractivity contribution in [1.29, 1.82) is 0 Å². The number of fused-ring (bicyclic) bond motifs is 1. The van der Waals surface area contributed by atoms with Crippen LogP contribution in [0.1, 0.15) is 6.92 Å². The van der Waals surface area contributed by atoms with Crippen LogP contribution in [0.3, 0.4) is 0 Å². The average molecular weight is 406 g/mol. The van der Waals surface area contributed by atoms with Gasteiger partial charge in [-0.15, -0.1) is 0 Å². The Balaban J connectivity index is 1.73. The van der Waals surface area contributed by atoms with Crippen LogP contribution in [-0.4, -0.2) is 57.9 Å². The molecule has 1 aromatic heterocycles. The molecule has 154 valence electrons. The van der Waals surface area contributed by atoms with Gasteiger partial charge in [-0.05, 0) is 13.0 Å². The topological polar surface area (TPSA) is 118 Å². The predicted molar refractivity (Wildman–Crippen MR) is 114 cm³/mol. The summed E-state index contributed by atoms with van der Waals surface area (Å²) in [6, 6.07) is 13.7. The van der Waals surface area contributed by atoms with Crippen LogP contribution in [0.15, 0.2) is 48.5 Å². The van der Waals surface area contributed by atoms with Crippen molar-refractivity contribution in [3.05, 3.63) is 58.6 Å². The summed E-state index contributed by atoms with van der Waals surface area (Å²) in [5, 5.41) is 11.9. The van der Waals surface area contributed by atoms with Crippen molar-refractivity contribution in [3.63, 3.8) is 0 Å². The molecule has 1 aliphatic heterocycles. The Kier molecular flexibility index (Phi) is 5.28. The molecule has 9 nitrogen and oxygen atoms in total. The zero-order chi connectivity index (χ0) is 21.3. The number of non-ortho nitro benzene ring substituents is 1. The molecule has 2 N–H and O–H groups in total. The lowest BCUT2D eigenvalue weighted by Crippen LogP contribution is -2.52. The van der Waals surface area contributed by atoms with E-state index in [0.29, 0.717) is 48.7 Å². The summed E-state index contributed by atoms with van der Waals surface area (Å²) in [5.74, 6) is 0.481. The molecule has 2 aromatic carbocycles. The first kappa shape index (κ1) is 19.7. The summed E-state index contributed by atoms with van der Waals surface area (Å²) in [6.07, 6.45) is 0. The summed E-state index contributed by atoms with van der Waals surface area (Å²) in [7, 11) is 0. The zero-order valence-corrected chi connectivity index (χ0v) is 16.6. The Morgan fingerprint density at radius 2 is 1.80 bits per heavy atom. The summed E-state index contributed by atoms with van der Waals surface area (Å²) < 4.78 is 0. The number of carbonyl (C=O) groups excluding carboxylic acids is 1. The second-order valence-corrected chi connectivity index (χ2v) is 7.30. The van der Waals surface area contributed by atoms with Crippen LogP contribution >= 0.6 is 0 Å². The van der Waals surface area contributed by atoms with Gasteiger partial charge < -0.3 is 15.5 Å². The molecule has 1 atom stereocenters. The normalized spacial score (nSPS) is 15.3. The molecule has 1 saturated heterocycles. The number of anilines is 1. The van der Waals surface area contributed by atoms with Gasteiger partial charge in [0, 0.05) is 49.3 Å². The Morgan fingerprint density at radius 3 is 2.43 bits per heavy atom. The Labute approximate surface area is 173 Å². The monoisotopic (exact) mass is 406 g/mol. The number of amides is 1. The molecule has 30 heavy (non-hydrogen) atoms. The Bertz CT molecular complexity index is 1090. The van der Waals surface area contributed by atoms with E-state index in [1.807, 2.05) is 35.2 Å². The number of hydrogen-bond donors (Lipinski definition) is 1. The van der Waals surface area contributed by atoms with Crippen molar-refractivity contribution >= 4 is 28.4 Å². The lowest BCUT2D eigenvalue weighted by Gasteiger charge is -2.35. The number of nitro benzene ring substituents is 1. The molecule has 9 heteroatoms. The number of aromatic nitrogens is 2. The SMILES string of the molecule is C[C@@H](N)C(=O)N1CCN(c2nc(-c3ccccc3)c3cc([N+](=O)[O-])ccc3n2)CC1. The number of nitrogens with two attached hydrogens (primary N) is 1. The minimum absolute atomic E-state index is 0.000868. The molecule has 1 fully saturated rings. The summed E-state index contributed by atoms with van der Waals surface area (Å²) in [5.41, 5.74) is 7.86. The van der Waals surface area contributed by atoms with Gasteiger partial charge in [-0.2, -0.15) is 0 Å². The standard InChI is InChI=1S/C21H22N6O3/c1-14(22)20(28)25-9-11-26(12-10-25)21-23-18-8-7-16(27(29)30)13-17(18)19(24-21)15-5-3-2-4-6-15/h2-8,13-14H,9-12,22H2,1H3/t14-/m1/s1. The van der Waals surface area contributed by atoms with Crippen molar-refractivity contribution in [3.8, 4) is 11.3 Å². The van der Waals surface area contributed by atoms with Gasteiger partial charge in [0.1, 0.15) is 0 Å². The maximum absolute atomic E-state index is 12.1. The fourth-order valence-corrected chi connectivity index (χ4v) is 3.59. The maximum Gasteiger partial charge on any atom is 0.270 e. The van der Waals surface area contributed by atoms with Crippen LogP contribution in [0.25, 0.3) is 22.2 Å². The molecular weight excluding hydrogens is 384 g/mol. The Hall–Kier alpha value is -3.59. The molecule has 2 heterocycles. The van der Waals surface area contributed by atoms with E-state index in [-0.39, 0.29) is 11.6 Å². The van der Waals surface area contributed by atoms with Crippen molar-refractivity contribution in [1.82, 2.24) is 14.9 Å². The van der Waals surface area contributed by atoms with E-state index in [0.717, 1.165) is 5.56 Å². The third kappa shape index (κ3) is 3.79. The first-order valence-corrected chi connectivity index (χ1v) is 9.75. The summed E-state index contributed by atoms with van der Waals surface area (Å²) in [4.78, 5) is 36.2. The second kappa shape index (κ2) is 8.03. The molecule has 0 unspecified atom stereocenters. The van der Waals surface area contributed by atoms with E-state index in [1.54, 1.807) is 17.9 Å². The van der Waals surface area contributed by atoms with E-state index < -0.39 is 11.0 Å². The molecule has 0 radical (unpaired) electrons. The number of benzene rings is 2. The van der Waals surface area contributed by atoms with Gasteiger partial charge in [-0.25, -0.2) is 9.97 Å². The molecule has 0 bridgehead atoms. The van der Waals surface area contributed by atoms with Gasteiger partial charge in [0.25, 0.3) is 5.69 Å². The van der Waals surface area contributed by atoms with E-state index in [1.165, 1.54) is 12.1 Å². The van der Waals surface area contributed by atoms with Crippen molar-refractivity contribution in [2.24, 2.45) is 5.73 Å². The van der Waals surface area contributed by atoms with Crippen molar-refractivity contribution in [2.75, 3.05) is 31.1 Å². The Morgan fingerprint density at radius 1 is 1.10 bits per heavy atom. The maximum atomic E-state index is 12.1. The second-order valence-electron chi connectivity index (χ2n) is 7.30. The lowest BCUT2D eigenvalue weighted by molar-refractivity contribution is -0.384. The molecule has 0 spiro atoms. The highest BCUT2D eigenvalue weighted by Crippen LogP contribution is 2.31. The average Bonchev–Trinajstić information content (AvgIpc) is 2.78. The third-order valence-corrected chi connectivity index (χ3v) is 5.19. The number of piperazine rings is 1. The van der Waals surface area contributed by atoms with E-state index >= 15 is 0 Å². The van der Waals surface area contributed by atoms with Gasteiger partial charge in [0.05, 0.1) is 22.2 Å². The molecule has 0 saturated carbocycles. The minimum Gasteiger partial charge on any atom is -0.338 e. The zero-order valence-electron chi connectivity index (χ0n) is 16.6. The molecule has 3 aromatic rings. The fourth-order valence-electron chi connectivity index (χ4n) is 3.59. The van der Waals surface area contributed by atoms with Crippen LogP contribution in [0, 0.1) is 10.1 Å². The highest BCUT2D eigenvalue weighted by atomic mass is 16.6. The first-order chi connectivity index (χ1) is 14.4. The van der Waals surface area contributed by atoms with Crippen LogP contribution in [0.2, 0.25) is 0 Å². The van der Waals surface area contributed by atoms with Gasteiger partial charge in [-0.1, -0.05) is 30.3 Å². The predicted octanol–water partition coefficient (Wildman–Crippen LogP) is 2.20. The van der Waals surface area contributed by atoms with Gasteiger partial charge in [0.15, 0.2) is 0 Å². The van der Waals surface area contributed by atoms with Gasteiger partial charge in [0.2, 0.25) is 11.9 Å². The fraction of sp³-hybridized carbons (Fsp3) is 0.286. The van der Waals surface area contributed by atoms with Crippen LogP contribution < -0.4 is 10.6 Å². The van der Waals surface area contributed by atoms with Crippen LogP contribution in [0.4, 0.5) is 11.6 Å².